The van der Waals surface area contributed by atoms with Gasteiger partial charge in [0.2, 0.25) is 5.69 Å². The molecule has 3 unspecified atom stereocenters. The zero-order valence-corrected chi connectivity index (χ0v) is 18.6. The first-order valence-electron chi connectivity index (χ1n) is 11.3. The number of nitrogens with zero attached hydrogens (tertiary/aromatic N) is 1. The number of rotatable bonds is 2. The maximum atomic E-state index is 2.49. The van der Waals surface area contributed by atoms with Crippen LogP contribution < -0.4 is 4.57 Å². The molecule has 2 bridgehead atoms. The second kappa shape index (κ2) is 6.69. The van der Waals surface area contributed by atoms with Crippen molar-refractivity contribution in [3.8, 4) is 11.3 Å². The number of pyridine rings is 1. The Morgan fingerprint density at radius 3 is 2.45 bits per heavy atom. The first kappa shape index (κ1) is 18.9. The largest absolute Gasteiger partial charge is 0.220 e. The van der Waals surface area contributed by atoms with Gasteiger partial charge in [-0.25, -0.2) is 4.57 Å². The molecule has 2 aliphatic carbocycles. The summed E-state index contributed by atoms with van der Waals surface area (Å²) in [5, 5.41) is 2.76. The Morgan fingerprint density at radius 1 is 0.931 bits per heavy atom. The van der Waals surface area contributed by atoms with E-state index in [-0.39, 0.29) is 5.41 Å². The topological polar surface area (TPSA) is 3.88 Å². The van der Waals surface area contributed by atoms with Crippen LogP contribution in [0.2, 0.25) is 0 Å². The molecule has 0 spiro atoms. The molecule has 3 atom stereocenters. The summed E-state index contributed by atoms with van der Waals surface area (Å²) >= 11 is 0. The number of aryl methyl sites for hydroxylation is 2. The molecule has 2 aromatic carbocycles. The summed E-state index contributed by atoms with van der Waals surface area (Å²) in [6, 6.07) is 16.6. The highest BCUT2D eigenvalue weighted by Gasteiger charge is 2.40. The second-order valence-electron chi connectivity index (χ2n) is 10.7. The maximum Gasteiger partial charge on any atom is 0.220 e. The van der Waals surface area contributed by atoms with E-state index in [4.69, 9.17) is 0 Å². The Hall–Kier alpha value is -2.15. The minimum Gasteiger partial charge on any atom is -0.200 e. The molecule has 1 heteroatoms. The van der Waals surface area contributed by atoms with E-state index in [9.17, 15) is 0 Å². The lowest BCUT2D eigenvalue weighted by molar-refractivity contribution is -0.659. The summed E-state index contributed by atoms with van der Waals surface area (Å²) in [7, 11) is 2.18. The van der Waals surface area contributed by atoms with Gasteiger partial charge in [-0.3, -0.25) is 0 Å². The van der Waals surface area contributed by atoms with Crippen LogP contribution in [0.15, 0.2) is 48.7 Å². The van der Waals surface area contributed by atoms with Crippen molar-refractivity contribution < 1.29 is 4.57 Å². The van der Waals surface area contributed by atoms with E-state index in [1.807, 2.05) is 0 Å². The average molecular weight is 385 g/mol. The molecular formula is C28H34N+. The van der Waals surface area contributed by atoms with Crippen molar-refractivity contribution in [2.75, 3.05) is 0 Å². The van der Waals surface area contributed by atoms with Gasteiger partial charge in [-0.15, -0.1) is 0 Å². The fourth-order valence-electron chi connectivity index (χ4n) is 5.95. The van der Waals surface area contributed by atoms with Crippen molar-refractivity contribution >= 4 is 10.8 Å². The first-order chi connectivity index (χ1) is 13.8. The van der Waals surface area contributed by atoms with Gasteiger partial charge in [-0.05, 0) is 83.6 Å². The molecule has 2 fully saturated rings. The SMILES string of the molecule is Cc1ccc(C(C)(C)C)cc1-c1c2ccc(C3CC4CCC3C4)cc2cc[n+]1C. The molecule has 0 saturated heterocycles. The van der Waals surface area contributed by atoms with Crippen LogP contribution in [-0.4, -0.2) is 0 Å². The molecule has 0 N–H and O–H groups in total. The molecule has 1 heterocycles. The normalized spacial score (nSPS) is 23.8. The van der Waals surface area contributed by atoms with Gasteiger partial charge < -0.3 is 0 Å². The van der Waals surface area contributed by atoms with E-state index >= 15 is 0 Å². The molecule has 5 rings (SSSR count). The predicted molar refractivity (Wildman–Crippen MR) is 122 cm³/mol. The van der Waals surface area contributed by atoms with Crippen molar-refractivity contribution in [1.29, 1.82) is 0 Å². The zero-order chi connectivity index (χ0) is 20.3. The first-order valence-corrected chi connectivity index (χ1v) is 11.3. The van der Waals surface area contributed by atoms with Gasteiger partial charge in [-0.2, -0.15) is 0 Å². The summed E-state index contributed by atoms with van der Waals surface area (Å²) in [4.78, 5) is 0. The summed E-state index contributed by atoms with van der Waals surface area (Å²) in [6.07, 6.45) is 8.04. The Labute approximate surface area is 175 Å². The second-order valence-corrected chi connectivity index (χ2v) is 10.7. The predicted octanol–water partition coefficient (Wildman–Crippen LogP) is 6.84. The van der Waals surface area contributed by atoms with Crippen molar-refractivity contribution in [1.82, 2.24) is 0 Å². The molecule has 29 heavy (non-hydrogen) atoms. The number of hydrogen-bond donors (Lipinski definition) is 0. The van der Waals surface area contributed by atoms with Crippen LogP contribution in [0.3, 0.4) is 0 Å². The van der Waals surface area contributed by atoms with Crippen LogP contribution in [0.1, 0.15) is 69.1 Å². The quantitative estimate of drug-likeness (QED) is 0.426. The van der Waals surface area contributed by atoms with Gasteiger partial charge in [0.15, 0.2) is 6.20 Å². The smallest absolute Gasteiger partial charge is 0.200 e. The average Bonchev–Trinajstić information content (AvgIpc) is 3.31. The molecule has 1 aromatic heterocycles. The highest BCUT2D eigenvalue weighted by molar-refractivity contribution is 5.94. The highest BCUT2D eigenvalue weighted by Crippen LogP contribution is 2.53. The monoisotopic (exact) mass is 384 g/mol. The van der Waals surface area contributed by atoms with Gasteiger partial charge in [0.1, 0.15) is 7.05 Å². The summed E-state index contributed by atoms with van der Waals surface area (Å²) in [5.41, 5.74) is 7.17. The lowest BCUT2D eigenvalue weighted by Gasteiger charge is -2.22. The Kier molecular flexibility index (Phi) is 4.35. The van der Waals surface area contributed by atoms with E-state index in [2.05, 4.69) is 88.0 Å². The van der Waals surface area contributed by atoms with Crippen LogP contribution in [-0.2, 0) is 12.5 Å². The number of benzene rings is 2. The minimum atomic E-state index is 0.153. The molecular weight excluding hydrogens is 350 g/mol. The van der Waals surface area contributed by atoms with Gasteiger partial charge >= 0.3 is 0 Å². The number of aromatic nitrogens is 1. The molecule has 0 amide bonds. The molecule has 3 aromatic rings. The van der Waals surface area contributed by atoms with E-state index in [0.29, 0.717) is 0 Å². The van der Waals surface area contributed by atoms with Crippen molar-refractivity contribution in [3.05, 3.63) is 65.4 Å². The fourth-order valence-corrected chi connectivity index (χ4v) is 5.95. The summed E-state index contributed by atoms with van der Waals surface area (Å²) in [6.45, 7) is 9.13. The summed E-state index contributed by atoms with van der Waals surface area (Å²) in [5.74, 6) is 2.72. The third kappa shape index (κ3) is 3.19. The van der Waals surface area contributed by atoms with Gasteiger partial charge in [0.25, 0.3) is 0 Å². The van der Waals surface area contributed by atoms with Crippen LogP contribution >= 0.6 is 0 Å². The number of hydrogen-bond acceptors (Lipinski definition) is 0. The van der Waals surface area contributed by atoms with Crippen LogP contribution in [0, 0.1) is 18.8 Å². The standard InChI is InChI=1S/C28H34N/c1-18-6-10-23(28(2,3)4)17-25(18)27-24-11-9-21(16-22(24)12-13-29(27)5)26-15-19-7-8-20(26)14-19/h6,9-13,16-17,19-20,26H,7-8,14-15H2,1-5H3/q+1. The molecule has 2 aliphatic rings. The third-order valence-electron chi connectivity index (χ3n) is 7.69. The molecule has 150 valence electrons. The lowest BCUT2D eigenvalue weighted by atomic mass is 9.82. The molecule has 0 radical (unpaired) electrons. The number of fused-ring (bicyclic) bond motifs is 3. The zero-order valence-electron chi connectivity index (χ0n) is 18.6. The van der Waals surface area contributed by atoms with Gasteiger partial charge in [-0.1, -0.05) is 51.5 Å². The van der Waals surface area contributed by atoms with Crippen molar-refractivity contribution in [2.24, 2.45) is 18.9 Å². The van der Waals surface area contributed by atoms with Gasteiger partial charge in [0, 0.05) is 11.6 Å². The molecule has 0 aliphatic heterocycles. The van der Waals surface area contributed by atoms with E-state index in [1.165, 1.54) is 58.8 Å². The molecule has 1 nitrogen and oxygen atoms in total. The Bertz CT molecular complexity index is 1090. The summed E-state index contributed by atoms with van der Waals surface area (Å²) < 4.78 is 2.30. The Morgan fingerprint density at radius 2 is 1.76 bits per heavy atom. The van der Waals surface area contributed by atoms with E-state index < -0.39 is 0 Å². The van der Waals surface area contributed by atoms with Crippen LogP contribution in [0.5, 0.6) is 0 Å². The minimum absolute atomic E-state index is 0.153. The van der Waals surface area contributed by atoms with Crippen molar-refractivity contribution in [2.45, 2.75) is 64.7 Å². The van der Waals surface area contributed by atoms with Crippen LogP contribution in [0.25, 0.3) is 22.0 Å². The Balaban J connectivity index is 1.64. The molecule has 2 saturated carbocycles. The highest BCUT2D eigenvalue weighted by atomic mass is 14.9. The van der Waals surface area contributed by atoms with Crippen LogP contribution in [0.4, 0.5) is 0 Å². The van der Waals surface area contributed by atoms with Gasteiger partial charge in [0.05, 0.1) is 5.39 Å². The third-order valence-corrected chi connectivity index (χ3v) is 7.69. The fraction of sp³-hybridized carbons (Fsp3) is 0.464. The van der Waals surface area contributed by atoms with E-state index in [1.54, 1.807) is 5.56 Å². The lowest BCUT2D eigenvalue weighted by Crippen LogP contribution is -2.31. The maximum absolute atomic E-state index is 2.49. The van der Waals surface area contributed by atoms with Crippen molar-refractivity contribution in [3.63, 3.8) is 0 Å². The van der Waals surface area contributed by atoms with E-state index in [0.717, 1.165) is 17.8 Å².